The largest absolute Gasteiger partial charge is 0.329 e. The first-order valence-electron chi connectivity index (χ1n) is 7.47. The van der Waals surface area contributed by atoms with E-state index in [9.17, 15) is 0 Å². The van der Waals surface area contributed by atoms with Gasteiger partial charge in [0.1, 0.15) is 0 Å². The second kappa shape index (κ2) is 5.99. The maximum Gasteiger partial charge on any atom is 0.0645 e. The van der Waals surface area contributed by atoms with Crippen molar-refractivity contribution in [2.24, 2.45) is 5.73 Å². The number of nitrogens with zero attached hydrogens (tertiary/aromatic N) is 3. The molecule has 0 aliphatic carbocycles. The monoisotopic (exact) mass is 260 g/mol. The molecule has 4 nitrogen and oxygen atoms in total. The zero-order chi connectivity index (χ0) is 13.1. The lowest BCUT2D eigenvalue weighted by atomic mass is 10.1. The fourth-order valence-corrected chi connectivity index (χ4v) is 3.49. The molecule has 3 heterocycles. The molecule has 2 N–H and O–H groups in total. The van der Waals surface area contributed by atoms with Gasteiger partial charge < -0.3 is 5.73 Å². The second-order valence-corrected chi connectivity index (χ2v) is 5.69. The summed E-state index contributed by atoms with van der Waals surface area (Å²) >= 11 is 0. The molecule has 0 amide bonds. The van der Waals surface area contributed by atoms with Crippen molar-refractivity contribution in [3.8, 4) is 0 Å². The Bertz CT molecular complexity index is 388. The van der Waals surface area contributed by atoms with Gasteiger partial charge in [-0.25, -0.2) is 0 Å². The standard InChI is InChI=1S/C15H24N4/c16-11-15(14-5-1-2-7-17-14)19-10-6-13(12-19)18-8-3-4-9-18/h1-2,5,7,13,15H,3-4,6,8-12,16H2. The molecule has 0 spiro atoms. The summed E-state index contributed by atoms with van der Waals surface area (Å²) in [5.74, 6) is 0. The van der Waals surface area contributed by atoms with Crippen LogP contribution in [0.3, 0.4) is 0 Å². The molecule has 0 saturated carbocycles. The molecule has 0 aromatic carbocycles. The average Bonchev–Trinajstić information content (AvgIpc) is 3.11. The summed E-state index contributed by atoms with van der Waals surface area (Å²) in [6, 6.07) is 7.14. The van der Waals surface area contributed by atoms with E-state index in [2.05, 4.69) is 26.9 Å². The lowest BCUT2D eigenvalue weighted by molar-refractivity contribution is 0.201. The van der Waals surface area contributed by atoms with Gasteiger partial charge >= 0.3 is 0 Å². The van der Waals surface area contributed by atoms with E-state index in [0.717, 1.165) is 24.8 Å². The number of rotatable bonds is 4. The molecule has 19 heavy (non-hydrogen) atoms. The Hall–Kier alpha value is -0.970. The third kappa shape index (κ3) is 2.81. The topological polar surface area (TPSA) is 45.4 Å². The average molecular weight is 260 g/mol. The highest BCUT2D eigenvalue weighted by molar-refractivity contribution is 5.10. The Kier molecular flexibility index (Phi) is 4.11. The van der Waals surface area contributed by atoms with Crippen LogP contribution in [0.25, 0.3) is 0 Å². The Balaban J connectivity index is 1.65. The van der Waals surface area contributed by atoms with Gasteiger partial charge in [-0.05, 0) is 44.5 Å². The molecule has 4 heteroatoms. The Morgan fingerprint density at radius 2 is 2.11 bits per heavy atom. The summed E-state index contributed by atoms with van der Waals surface area (Å²) in [5.41, 5.74) is 7.11. The maximum atomic E-state index is 5.99. The molecule has 104 valence electrons. The van der Waals surface area contributed by atoms with Gasteiger partial charge in [-0.2, -0.15) is 0 Å². The van der Waals surface area contributed by atoms with Gasteiger partial charge in [0.15, 0.2) is 0 Å². The van der Waals surface area contributed by atoms with Gasteiger partial charge in [0, 0.05) is 31.9 Å². The molecule has 1 aromatic heterocycles. The minimum atomic E-state index is 0.286. The van der Waals surface area contributed by atoms with Crippen LogP contribution in [0.4, 0.5) is 0 Å². The molecule has 2 unspecified atom stereocenters. The van der Waals surface area contributed by atoms with Gasteiger partial charge in [0.25, 0.3) is 0 Å². The summed E-state index contributed by atoms with van der Waals surface area (Å²) < 4.78 is 0. The summed E-state index contributed by atoms with van der Waals surface area (Å²) in [7, 11) is 0. The highest BCUT2D eigenvalue weighted by Crippen LogP contribution is 2.26. The first kappa shape index (κ1) is 13.0. The van der Waals surface area contributed by atoms with E-state index in [-0.39, 0.29) is 6.04 Å². The van der Waals surface area contributed by atoms with Gasteiger partial charge in [-0.3, -0.25) is 14.8 Å². The van der Waals surface area contributed by atoms with Crippen LogP contribution in [-0.2, 0) is 0 Å². The summed E-state index contributed by atoms with van der Waals surface area (Å²) in [6.07, 6.45) is 5.89. The summed E-state index contributed by atoms with van der Waals surface area (Å²) in [4.78, 5) is 9.66. The highest BCUT2D eigenvalue weighted by atomic mass is 15.3. The van der Waals surface area contributed by atoms with Crippen molar-refractivity contribution in [1.82, 2.24) is 14.8 Å². The number of likely N-dealkylation sites (tertiary alicyclic amines) is 2. The van der Waals surface area contributed by atoms with Gasteiger partial charge in [0.2, 0.25) is 0 Å². The smallest absolute Gasteiger partial charge is 0.0645 e. The van der Waals surface area contributed by atoms with E-state index in [1.54, 1.807) is 0 Å². The SMILES string of the molecule is NCC(c1ccccn1)N1CCC(N2CCCC2)C1. The maximum absolute atomic E-state index is 5.99. The fourth-order valence-electron chi connectivity index (χ4n) is 3.49. The van der Waals surface area contributed by atoms with E-state index in [0.29, 0.717) is 6.54 Å². The first-order chi connectivity index (χ1) is 9.38. The molecule has 0 bridgehead atoms. The predicted molar refractivity (Wildman–Crippen MR) is 76.8 cm³/mol. The molecular weight excluding hydrogens is 236 g/mol. The third-order valence-electron chi connectivity index (χ3n) is 4.55. The molecule has 2 fully saturated rings. The van der Waals surface area contributed by atoms with Crippen molar-refractivity contribution >= 4 is 0 Å². The lowest BCUT2D eigenvalue weighted by Gasteiger charge is -2.28. The number of hydrogen-bond donors (Lipinski definition) is 1. The predicted octanol–water partition coefficient (Wildman–Crippen LogP) is 1.25. The van der Waals surface area contributed by atoms with Crippen LogP contribution in [-0.4, -0.2) is 53.5 Å². The van der Waals surface area contributed by atoms with Crippen LogP contribution in [0.1, 0.15) is 31.0 Å². The van der Waals surface area contributed by atoms with Crippen LogP contribution >= 0.6 is 0 Å². The molecule has 0 radical (unpaired) electrons. The van der Waals surface area contributed by atoms with Crippen LogP contribution in [0, 0.1) is 0 Å². The minimum Gasteiger partial charge on any atom is -0.329 e. The van der Waals surface area contributed by atoms with Crippen LogP contribution in [0.15, 0.2) is 24.4 Å². The molecule has 2 saturated heterocycles. The van der Waals surface area contributed by atoms with E-state index < -0.39 is 0 Å². The third-order valence-corrected chi connectivity index (χ3v) is 4.55. The highest BCUT2D eigenvalue weighted by Gasteiger charge is 2.33. The molecule has 2 aliphatic heterocycles. The van der Waals surface area contributed by atoms with E-state index in [1.807, 2.05) is 12.3 Å². The van der Waals surface area contributed by atoms with Gasteiger partial charge in [-0.1, -0.05) is 6.07 Å². The summed E-state index contributed by atoms with van der Waals surface area (Å²) in [5, 5.41) is 0. The van der Waals surface area contributed by atoms with Crippen molar-refractivity contribution in [3.05, 3.63) is 30.1 Å². The van der Waals surface area contributed by atoms with E-state index >= 15 is 0 Å². The number of aromatic nitrogens is 1. The van der Waals surface area contributed by atoms with Crippen molar-refractivity contribution in [3.63, 3.8) is 0 Å². The quantitative estimate of drug-likeness (QED) is 0.885. The number of pyridine rings is 1. The van der Waals surface area contributed by atoms with Gasteiger partial charge in [-0.15, -0.1) is 0 Å². The Morgan fingerprint density at radius 3 is 2.79 bits per heavy atom. The fraction of sp³-hybridized carbons (Fsp3) is 0.667. The zero-order valence-electron chi connectivity index (χ0n) is 11.5. The van der Waals surface area contributed by atoms with Crippen molar-refractivity contribution in [2.75, 3.05) is 32.7 Å². The van der Waals surface area contributed by atoms with Crippen LogP contribution in [0.5, 0.6) is 0 Å². The molecule has 2 aliphatic rings. The van der Waals surface area contributed by atoms with Crippen molar-refractivity contribution in [1.29, 1.82) is 0 Å². The van der Waals surface area contributed by atoms with E-state index in [1.165, 1.54) is 32.4 Å². The molecular formula is C15H24N4. The minimum absolute atomic E-state index is 0.286. The van der Waals surface area contributed by atoms with E-state index in [4.69, 9.17) is 5.73 Å². The molecule has 2 atom stereocenters. The number of hydrogen-bond acceptors (Lipinski definition) is 4. The number of nitrogens with two attached hydrogens (primary N) is 1. The lowest BCUT2D eigenvalue weighted by Crippen LogP contribution is -2.38. The van der Waals surface area contributed by atoms with Crippen molar-refractivity contribution < 1.29 is 0 Å². The van der Waals surface area contributed by atoms with Crippen LogP contribution < -0.4 is 5.73 Å². The van der Waals surface area contributed by atoms with Crippen LogP contribution in [0.2, 0.25) is 0 Å². The Morgan fingerprint density at radius 1 is 1.26 bits per heavy atom. The summed E-state index contributed by atoms with van der Waals surface area (Å²) in [6.45, 7) is 5.53. The molecule has 1 aromatic rings. The normalized spacial score (nSPS) is 26.9. The van der Waals surface area contributed by atoms with Crippen molar-refractivity contribution in [2.45, 2.75) is 31.3 Å². The second-order valence-electron chi connectivity index (χ2n) is 5.69. The first-order valence-corrected chi connectivity index (χ1v) is 7.47. The Labute approximate surface area is 115 Å². The molecule has 3 rings (SSSR count). The zero-order valence-corrected chi connectivity index (χ0v) is 11.5. The van der Waals surface area contributed by atoms with Gasteiger partial charge in [0.05, 0.1) is 11.7 Å².